The number of esters is 1. The van der Waals surface area contributed by atoms with Crippen LogP contribution < -0.4 is 4.74 Å². The van der Waals surface area contributed by atoms with Crippen LogP contribution in [0.1, 0.15) is 17.9 Å². The lowest BCUT2D eigenvalue weighted by Gasteiger charge is -2.03. The van der Waals surface area contributed by atoms with Crippen molar-refractivity contribution < 1.29 is 18.3 Å². The Balaban J connectivity index is 1.57. The zero-order valence-corrected chi connectivity index (χ0v) is 13.1. The Morgan fingerprint density at radius 1 is 1.20 bits per heavy atom. The Labute approximate surface area is 143 Å². The minimum absolute atomic E-state index is 0.0667. The molecule has 0 saturated carbocycles. The van der Waals surface area contributed by atoms with Crippen molar-refractivity contribution in [1.29, 1.82) is 5.26 Å². The van der Waals surface area contributed by atoms with Crippen molar-refractivity contribution in [2.24, 2.45) is 0 Å². The highest BCUT2D eigenvalue weighted by Crippen LogP contribution is 2.23. The molecule has 0 aliphatic carbocycles. The quantitative estimate of drug-likeness (QED) is 0.522. The molecule has 0 spiro atoms. The van der Waals surface area contributed by atoms with Crippen molar-refractivity contribution in [1.82, 2.24) is 4.98 Å². The van der Waals surface area contributed by atoms with Crippen molar-refractivity contribution in [3.8, 4) is 23.1 Å². The molecule has 0 unspecified atom stereocenters. The van der Waals surface area contributed by atoms with E-state index < -0.39 is 11.8 Å². The molecule has 6 heteroatoms. The molecular weight excluding hydrogens is 323 g/mol. The molecule has 124 valence electrons. The highest BCUT2D eigenvalue weighted by Gasteiger charge is 2.12. The first-order valence-electron chi connectivity index (χ1n) is 7.56. The van der Waals surface area contributed by atoms with Crippen molar-refractivity contribution in [3.63, 3.8) is 0 Å². The molecule has 3 rings (SSSR count). The number of rotatable bonds is 5. The van der Waals surface area contributed by atoms with Gasteiger partial charge in [-0.2, -0.15) is 5.26 Å². The summed E-state index contributed by atoms with van der Waals surface area (Å²) in [6.07, 6.45) is 1.74. The van der Waals surface area contributed by atoms with Crippen LogP contribution in [0.3, 0.4) is 0 Å². The van der Waals surface area contributed by atoms with E-state index in [1.807, 2.05) is 6.07 Å². The smallest absolute Gasteiger partial charge is 0.311 e. The normalized spacial score (nSPS) is 10.2. The van der Waals surface area contributed by atoms with Crippen LogP contribution in [0.15, 0.2) is 59.1 Å². The minimum atomic E-state index is -0.449. The van der Waals surface area contributed by atoms with Crippen molar-refractivity contribution >= 4 is 5.97 Å². The van der Waals surface area contributed by atoms with Crippen LogP contribution in [0.4, 0.5) is 4.39 Å². The van der Waals surface area contributed by atoms with Gasteiger partial charge in [0.15, 0.2) is 11.7 Å². The summed E-state index contributed by atoms with van der Waals surface area (Å²) in [5.41, 5.74) is 0.807. The Hall–Kier alpha value is -3.46. The maximum absolute atomic E-state index is 13.7. The number of hydrogen-bond acceptors (Lipinski definition) is 5. The Morgan fingerprint density at radius 3 is 2.68 bits per heavy atom. The number of oxazole rings is 1. The van der Waals surface area contributed by atoms with E-state index in [0.717, 1.165) is 0 Å². The summed E-state index contributed by atoms with van der Waals surface area (Å²) >= 11 is 0. The molecule has 0 saturated heterocycles. The van der Waals surface area contributed by atoms with Crippen LogP contribution in [0.2, 0.25) is 0 Å². The molecule has 0 N–H and O–H groups in total. The number of aromatic nitrogens is 1. The van der Waals surface area contributed by atoms with Gasteiger partial charge in [0.25, 0.3) is 0 Å². The summed E-state index contributed by atoms with van der Waals surface area (Å²) in [6.45, 7) is 0. The van der Waals surface area contributed by atoms with Crippen LogP contribution in [-0.4, -0.2) is 11.0 Å². The topological polar surface area (TPSA) is 76.1 Å². The van der Waals surface area contributed by atoms with Crippen LogP contribution in [0, 0.1) is 17.1 Å². The molecule has 25 heavy (non-hydrogen) atoms. The predicted molar refractivity (Wildman–Crippen MR) is 87.0 cm³/mol. The average molecular weight is 336 g/mol. The van der Waals surface area contributed by atoms with Crippen molar-refractivity contribution in [2.75, 3.05) is 0 Å². The summed E-state index contributed by atoms with van der Waals surface area (Å²) in [5, 5.41) is 8.72. The highest BCUT2D eigenvalue weighted by atomic mass is 19.1. The Morgan fingerprint density at radius 2 is 1.96 bits per heavy atom. The van der Waals surface area contributed by atoms with Gasteiger partial charge in [-0.3, -0.25) is 4.79 Å². The van der Waals surface area contributed by atoms with E-state index >= 15 is 0 Å². The molecule has 0 aliphatic heterocycles. The Kier molecular flexibility index (Phi) is 4.86. The van der Waals surface area contributed by atoms with Crippen LogP contribution in [0.5, 0.6) is 5.75 Å². The summed E-state index contributed by atoms with van der Waals surface area (Å²) < 4.78 is 24.4. The van der Waals surface area contributed by atoms with Crippen LogP contribution in [0.25, 0.3) is 11.3 Å². The van der Waals surface area contributed by atoms with Gasteiger partial charge < -0.3 is 9.15 Å². The second kappa shape index (κ2) is 7.41. The van der Waals surface area contributed by atoms with Gasteiger partial charge in [-0.15, -0.1) is 0 Å². The fourth-order valence-electron chi connectivity index (χ4n) is 2.20. The van der Waals surface area contributed by atoms with Gasteiger partial charge in [0, 0.05) is 6.42 Å². The second-order valence-electron chi connectivity index (χ2n) is 5.21. The van der Waals surface area contributed by atoms with Gasteiger partial charge in [-0.05, 0) is 36.4 Å². The van der Waals surface area contributed by atoms with Gasteiger partial charge in [-0.1, -0.05) is 12.1 Å². The van der Waals surface area contributed by atoms with E-state index in [1.54, 1.807) is 42.5 Å². The van der Waals surface area contributed by atoms with E-state index in [9.17, 15) is 9.18 Å². The first-order valence-corrected chi connectivity index (χ1v) is 7.56. The van der Waals surface area contributed by atoms with E-state index in [-0.39, 0.29) is 12.8 Å². The summed E-state index contributed by atoms with van der Waals surface area (Å²) in [4.78, 5) is 15.9. The summed E-state index contributed by atoms with van der Waals surface area (Å²) in [5.74, 6) is 0.160. The first kappa shape index (κ1) is 16.4. The standard InChI is InChI=1S/C19H13FN2O3/c20-16-4-2-1-3-15(16)17-12-22-18(25-17)9-10-19(23)24-14-7-5-13(11-21)6-8-14/h1-8,12H,9-10H2. The number of benzene rings is 2. The molecule has 1 aromatic heterocycles. The molecule has 1 heterocycles. The first-order chi connectivity index (χ1) is 12.2. The SMILES string of the molecule is N#Cc1ccc(OC(=O)CCc2ncc(-c3ccccc3F)o2)cc1. The largest absolute Gasteiger partial charge is 0.441 e. The van der Waals surface area contributed by atoms with Gasteiger partial charge in [-0.25, -0.2) is 9.37 Å². The second-order valence-corrected chi connectivity index (χ2v) is 5.21. The van der Waals surface area contributed by atoms with Gasteiger partial charge >= 0.3 is 5.97 Å². The molecule has 0 atom stereocenters. The Bertz CT molecular complexity index is 926. The molecule has 0 bridgehead atoms. The fraction of sp³-hybridized carbons (Fsp3) is 0.105. The van der Waals surface area contributed by atoms with E-state index in [2.05, 4.69) is 4.98 Å². The number of halogens is 1. The number of nitriles is 1. The molecule has 0 amide bonds. The van der Waals surface area contributed by atoms with Gasteiger partial charge in [0.1, 0.15) is 11.6 Å². The van der Waals surface area contributed by atoms with Gasteiger partial charge in [0.05, 0.1) is 29.8 Å². The number of hydrogen-bond donors (Lipinski definition) is 0. The third-order valence-electron chi connectivity index (χ3n) is 3.45. The monoisotopic (exact) mass is 336 g/mol. The van der Waals surface area contributed by atoms with Crippen LogP contribution >= 0.6 is 0 Å². The number of carbonyl (C=O) groups excluding carboxylic acids is 1. The maximum Gasteiger partial charge on any atom is 0.311 e. The molecule has 0 fully saturated rings. The highest BCUT2D eigenvalue weighted by molar-refractivity contribution is 5.72. The molecular formula is C19H13FN2O3. The van der Waals surface area contributed by atoms with E-state index in [4.69, 9.17) is 14.4 Å². The third kappa shape index (κ3) is 4.09. The average Bonchev–Trinajstić information content (AvgIpc) is 3.10. The maximum atomic E-state index is 13.7. The number of carbonyl (C=O) groups is 1. The summed E-state index contributed by atoms with van der Waals surface area (Å²) in [7, 11) is 0. The van der Waals surface area contributed by atoms with E-state index in [0.29, 0.717) is 28.5 Å². The fourth-order valence-corrected chi connectivity index (χ4v) is 2.20. The minimum Gasteiger partial charge on any atom is -0.441 e. The number of nitrogens with zero attached hydrogens (tertiary/aromatic N) is 2. The lowest BCUT2D eigenvalue weighted by atomic mass is 10.2. The lowest BCUT2D eigenvalue weighted by molar-refractivity contribution is -0.134. The van der Waals surface area contributed by atoms with Crippen molar-refractivity contribution in [3.05, 3.63) is 72.0 Å². The zero-order valence-electron chi connectivity index (χ0n) is 13.1. The summed E-state index contributed by atoms with van der Waals surface area (Å²) in [6, 6.07) is 14.5. The van der Waals surface area contributed by atoms with E-state index in [1.165, 1.54) is 12.3 Å². The molecule has 3 aromatic rings. The number of ether oxygens (including phenoxy) is 1. The molecule has 2 aromatic carbocycles. The molecule has 5 nitrogen and oxygen atoms in total. The van der Waals surface area contributed by atoms with Gasteiger partial charge in [0.2, 0.25) is 0 Å². The number of aryl methyl sites for hydroxylation is 1. The molecule has 0 radical (unpaired) electrons. The van der Waals surface area contributed by atoms with Crippen LogP contribution in [-0.2, 0) is 11.2 Å². The predicted octanol–water partition coefficient (Wildman–Crippen LogP) is 3.89. The lowest BCUT2D eigenvalue weighted by Crippen LogP contribution is -2.09. The van der Waals surface area contributed by atoms with Crippen molar-refractivity contribution in [2.45, 2.75) is 12.8 Å². The zero-order chi connectivity index (χ0) is 17.6. The third-order valence-corrected chi connectivity index (χ3v) is 3.45. The molecule has 0 aliphatic rings.